The number of Topliss-reactive ketones (excluding diaryl/α,β-unsaturated/α-hetero) is 1. The predicted octanol–water partition coefficient (Wildman–Crippen LogP) is 3.13. The third-order valence-electron chi connectivity index (χ3n) is 1.72. The lowest BCUT2D eigenvalue weighted by Gasteiger charge is -2.12. The van der Waals surface area contributed by atoms with Gasteiger partial charge in [0, 0.05) is 10.0 Å². The summed E-state index contributed by atoms with van der Waals surface area (Å²) in [4.78, 5) is 11.1. The van der Waals surface area contributed by atoms with Crippen molar-refractivity contribution in [1.82, 2.24) is 0 Å². The zero-order valence-electron chi connectivity index (χ0n) is 8.06. The maximum atomic E-state index is 12.0. The van der Waals surface area contributed by atoms with E-state index in [-0.39, 0.29) is 15.7 Å². The molecule has 1 aromatic rings. The lowest BCUT2D eigenvalue weighted by molar-refractivity contribution is -0.274. The van der Waals surface area contributed by atoms with Crippen molar-refractivity contribution < 1.29 is 22.7 Å². The summed E-state index contributed by atoms with van der Waals surface area (Å²) in [5, 5.41) is 0. The summed E-state index contributed by atoms with van der Waals surface area (Å²) in [6.07, 6.45) is -4.80. The van der Waals surface area contributed by atoms with Crippen LogP contribution in [0.1, 0.15) is 17.3 Å². The van der Waals surface area contributed by atoms with Crippen molar-refractivity contribution in [3.05, 3.63) is 22.2 Å². The van der Waals surface area contributed by atoms with E-state index >= 15 is 0 Å². The van der Waals surface area contributed by atoms with Crippen molar-refractivity contribution in [1.29, 1.82) is 0 Å². The zero-order valence-corrected chi connectivity index (χ0v) is 9.65. The molecule has 7 heteroatoms. The number of carbonyl (C=O) groups excluding carboxylic acids is 1. The van der Waals surface area contributed by atoms with Crippen LogP contribution in [-0.2, 0) is 0 Å². The zero-order chi connectivity index (χ0) is 12.5. The fraction of sp³-hybridized carbons (Fsp3) is 0.222. The number of halogens is 4. The number of ketones is 1. The molecule has 0 spiro atoms. The van der Waals surface area contributed by atoms with E-state index in [9.17, 15) is 18.0 Å². The minimum atomic E-state index is -4.80. The third-order valence-corrected chi connectivity index (χ3v) is 2.37. The molecule has 0 amide bonds. The SMILES string of the molecule is CC(=O)c1cc(OC(F)(F)F)cc(Br)c1N. The van der Waals surface area contributed by atoms with E-state index in [0.717, 1.165) is 12.1 Å². The molecule has 0 heterocycles. The smallest absolute Gasteiger partial charge is 0.406 e. The van der Waals surface area contributed by atoms with Gasteiger partial charge in [-0.25, -0.2) is 0 Å². The Morgan fingerprint density at radius 3 is 2.44 bits per heavy atom. The first-order valence-corrected chi connectivity index (χ1v) is 4.85. The molecule has 0 saturated carbocycles. The number of ether oxygens (including phenoxy) is 1. The second kappa shape index (κ2) is 4.32. The highest BCUT2D eigenvalue weighted by Gasteiger charge is 2.31. The molecule has 1 aromatic carbocycles. The summed E-state index contributed by atoms with van der Waals surface area (Å²) in [5.41, 5.74) is 5.58. The first kappa shape index (κ1) is 12.8. The number of nitrogens with two attached hydrogens (primary N) is 1. The van der Waals surface area contributed by atoms with Crippen LogP contribution in [0.5, 0.6) is 5.75 Å². The lowest BCUT2D eigenvalue weighted by Crippen LogP contribution is -2.17. The third kappa shape index (κ3) is 3.13. The van der Waals surface area contributed by atoms with Crippen LogP contribution in [0.2, 0.25) is 0 Å². The molecule has 0 aliphatic heterocycles. The minimum absolute atomic E-state index is 0.0198. The first-order valence-electron chi connectivity index (χ1n) is 4.06. The number of alkyl halides is 3. The molecule has 0 unspecified atom stereocenters. The van der Waals surface area contributed by atoms with Gasteiger partial charge in [-0.05, 0) is 35.0 Å². The predicted molar refractivity (Wildman–Crippen MR) is 55.2 cm³/mol. The molecular formula is C9H7BrF3NO2. The van der Waals surface area contributed by atoms with E-state index in [2.05, 4.69) is 20.7 Å². The summed E-state index contributed by atoms with van der Waals surface area (Å²) in [7, 11) is 0. The molecule has 0 atom stereocenters. The van der Waals surface area contributed by atoms with E-state index < -0.39 is 17.9 Å². The molecule has 0 aromatic heterocycles. The Hall–Kier alpha value is -1.24. The van der Waals surface area contributed by atoms with Crippen molar-refractivity contribution in [3.8, 4) is 5.75 Å². The number of rotatable bonds is 2. The molecule has 3 nitrogen and oxygen atoms in total. The Kier molecular flexibility index (Phi) is 3.47. The van der Waals surface area contributed by atoms with Gasteiger partial charge in [0.25, 0.3) is 0 Å². The Morgan fingerprint density at radius 1 is 1.44 bits per heavy atom. The van der Waals surface area contributed by atoms with Gasteiger partial charge in [0.2, 0.25) is 0 Å². The first-order chi connectivity index (χ1) is 7.20. The van der Waals surface area contributed by atoms with Gasteiger partial charge in [-0.15, -0.1) is 13.2 Å². The van der Waals surface area contributed by atoms with Crippen LogP contribution in [0.15, 0.2) is 16.6 Å². The number of anilines is 1. The number of benzene rings is 1. The molecular weight excluding hydrogens is 291 g/mol. The second-order valence-electron chi connectivity index (χ2n) is 2.97. The molecule has 0 aliphatic carbocycles. The molecule has 0 fully saturated rings. The fourth-order valence-corrected chi connectivity index (χ4v) is 1.52. The number of hydrogen-bond acceptors (Lipinski definition) is 3. The number of hydrogen-bond donors (Lipinski definition) is 1. The average molecular weight is 298 g/mol. The van der Waals surface area contributed by atoms with Crippen LogP contribution >= 0.6 is 15.9 Å². The molecule has 0 aliphatic rings. The highest BCUT2D eigenvalue weighted by molar-refractivity contribution is 9.10. The molecule has 1 rings (SSSR count). The van der Waals surface area contributed by atoms with Crippen molar-refractivity contribution in [2.45, 2.75) is 13.3 Å². The van der Waals surface area contributed by atoms with E-state index in [1.165, 1.54) is 6.92 Å². The van der Waals surface area contributed by atoms with E-state index in [1.54, 1.807) is 0 Å². The van der Waals surface area contributed by atoms with Gasteiger partial charge in [-0.2, -0.15) is 0 Å². The van der Waals surface area contributed by atoms with Crippen LogP contribution in [0.4, 0.5) is 18.9 Å². The second-order valence-corrected chi connectivity index (χ2v) is 3.82. The topological polar surface area (TPSA) is 52.3 Å². The molecule has 0 bridgehead atoms. The van der Waals surface area contributed by atoms with Gasteiger partial charge >= 0.3 is 6.36 Å². The van der Waals surface area contributed by atoms with Gasteiger partial charge < -0.3 is 10.5 Å². The molecule has 2 N–H and O–H groups in total. The normalized spacial score (nSPS) is 11.3. The molecule has 0 saturated heterocycles. The summed E-state index contributed by atoms with van der Waals surface area (Å²) in [5.74, 6) is -0.926. The quantitative estimate of drug-likeness (QED) is 0.674. The Balaban J connectivity index is 3.19. The van der Waals surface area contributed by atoms with Crippen molar-refractivity contribution in [2.24, 2.45) is 0 Å². The minimum Gasteiger partial charge on any atom is -0.406 e. The molecule has 16 heavy (non-hydrogen) atoms. The van der Waals surface area contributed by atoms with Crippen molar-refractivity contribution in [3.63, 3.8) is 0 Å². The monoisotopic (exact) mass is 297 g/mol. The highest BCUT2D eigenvalue weighted by atomic mass is 79.9. The lowest BCUT2D eigenvalue weighted by atomic mass is 10.1. The Bertz CT molecular complexity index is 431. The Morgan fingerprint density at radius 2 is 2.00 bits per heavy atom. The standard InChI is InChI=1S/C9H7BrF3NO2/c1-4(15)6-2-5(16-9(11,12)13)3-7(10)8(6)14/h2-3H,14H2,1H3. The average Bonchev–Trinajstić information content (AvgIpc) is 2.07. The van der Waals surface area contributed by atoms with E-state index in [0.29, 0.717) is 0 Å². The maximum Gasteiger partial charge on any atom is 0.573 e. The van der Waals surface area contributed by atoms with Gasteiger partial charge in [0.05, 0.1) is 5.69 Å². The van der Waals surface area contributed by atoms with Gasteiger partial charge in [-0.3, -0.25) is 4.79 Å². The number of carbonyl (C=O) groups is 1. The largest absolute Gasteiger partial charge is 0.573 e. The summed E-state index contributed by atoms with van der Waals surface area (Å²) < 4.78 is 39.7. The summed E-state index contributed by atoms with van der Waals surface area (Å²) >= 11 is 2.95. The van der Waals surface area contributed by atoms with Crippen LogP contribution in [0.3, 0.4) is 0 Å². The van der Waals surface area contributed by atoms with Gasteiger partial charge in [0.15, 0.2) is 5.78 Å². The fourth-order valence-electron chi connectivity index (χ4n) is 1.08. The maximum absolute atomic E-state index is 12.0. The van der Waals surface area contributed by atoms with Crippen LogP contribution in [0.25, 0.3) is 0 Å². The van der Waals surface area contributed by atoms with Crippen LogP contribution in [0, 0.1) is 0 Å². The van der Waals surface area contributed by atoms with Crippen molar-refractivity contribution in [2.75, 3.05) is 5.73 Å². The number of nitrogen functional groups attached to an aromatic ring is 1. The summed E-state index contributed by atoms with van der Waals surface area (Å²) in [6, 6.07) is 2.01. The highest BCUT2D eigenvalue weighted by Crippen LogP contribution is 2.32. The Labute approximate surface area is 97.5 Å². The van der Waals surface area contributed by atoms with Crippen molar-refractivity contribution >= 4 is 27.4 Å². The van der Waals surface area contributed by atoms with Gasteiger partial charge in [-0.1, -0.05) is 0 Å². The molecule has 0 radical (unpaired) electrons. The van der Waals surface area contributed by atoms with E-state index in [1.807, 2.05) is 0 Å². The van der Waals surface area contributed by atoms with Crippen LogP contribution < -0.4 is 10.5 Å². The van der Waals surface area contributed by atoms with E-state index in [4.69, 9.17) is 5.73 Å². The molecule has 88 valence electrons. The van der Waals surface area contributed by atoms with Gasteiger partial charge in [0.1, 0.15) is 5.75 Å². The summed E-state index contributed by atoms with van der Waals surface area (Å²) in [6.45, 7) is 1.20. The van der Waals surface area contributed by atoms with Crippen LogP contribution in [-0.4, -0.2) is 12.1 Å².